The smallest absolute Gasteiger partial charge is 0.303 e. The van der Waals surface area contributed by atoms with Gasteiger partial charge in [-0.1, -0.05) is 6.92 Å². The van der Waals surface area contributed by atoms with Crippen molar-refractivity contribution >= 4 is 17.6 Å². The van der Waals surface area contributed by atoms with E-state index in [0.717, 1.165) is 31.6 Å². The molecule has 5 heteroatoms. The number of aliphatic carboxylic acids is 1. The summed E-state index contributed by atoms with van der Waals surface area (Å²) in [6, 6.07) is 7.29. The maximum Gasteiger partial charge on any atom is 0.303 e. The number of hydrogen-bond donors (Lipinski definition) is 2. The summed E-state index contributed by atoms with van der Waals surface area (Å²) in [4.78, 5) is 24.2. The molecule has 1 fully saturated rings. The molecule has 1 heterocycles. The van der Waals surface area contributed by atoms with Crippen LogP contribution in [0, 0.1) is 11.8 Å². The van der Waals surface area contributed by atoms with Gasteiger partial charge in [-0.3, -0.25) is 9.59 Å². The zero-order valence-corrected chi connectivity index (χ0v) is 12.3. The summed E-state index contributed by atoms with van der Waals surface area (Å²) in [5.74, 6) is -0.584. The standard InChI is InChI=1S/C16H22N2O3/c1-11(9-15(19)20)13-3-2-8-18(10-13)14-6-4-12(5-7-14)16(17)21/h4-7,11,13H,2-3,8-10H2,1H3,(H2,17,21)(H,19,20). The first-order valence-corrected chi connectivity index (χ1v) is 7.34. The van der Waals surface area contributed by atoms with Crippen molar-refractivity contribution < 1.29 is 14.7 Å². The molecular weight excluding hydrogens is 268 g/mol. The highest BCUT2D eigenvalue weighted by atomic mass is 16.4. The summed E-state index contributed by atoms with van der Waals surface area (Å²) in [6.45, 7) is 3.84. The van der Waals surface area contributed by atoms with Gasteiger partial charge in [0.05, 0.1) is 0 Å². The maximum absolute atomic E-state index is 11.1. The van der Waals surface area contributed by atoms with Crippen molar-refractivity contribution in [2.45, 2.75) is 26.2 Å². The van der Waals surface area contributed by atoms with Crippen LogP contribution >= 0.6 is 0 Å². The van der Waals surface area contributed by atoms with Gasteiger partial charge in [0.2, 0.25) is 5.91 Å². The topological polar surface area (TPSA) is 83.6 Å². The van der Waals surface area contributed by atoms with Crippen molar-refractivity contribution in [3.05, 3.63) is 29.8 Å². The number of rotatable bonds is 5. The zero-order chi connectivity index (χ0) is 15.4. The molecule has 0 bridgehead atoms. The first kappa shape index (κ1) is 15.4. The lowest BCUT2D eigenvalue weighted by Crippen LogP contribution is -2.38. The molecule has 114 valence electrons. The largest absolute Gasteiger partial charge is 0.481 e. The summed E-state index contributed by atoms with van der Waals surface area (Å²) < 4.78 is 0. The van der Waals surface area contributed by atoms with E-state index in [9.17, 15) is 9.59 Å². The van der Waals surface area contributed by atoms with Crippen LogP contribution < -0.4 is 10.6 Å². The number of primary amides is 1. The summed E-state index contributed by atoms with van der Waals surface area (Å²) >= 11 is 0. The number of carbonyl (C=O) groups is 2. The van der Waals surface area contributed by atoms with Gasteiger partial charge in [0.15, 0.2) is 0 Å². The number of nitrogens with zero attached hydrogens (tertiary/aromatic N) is 1. The van der Waals surface area contributed by atoms with Crippen molar-refractivity contribution in [1.29, 1.82) is 0 Å². The molecule has 0 aromatic heterocycles. The van der Waals surface area contributed by atoms with Crippen molar-refractivity contribution in [2.75, 3.05) is 18.0 Å². The van der Waals surface area contributed by atoms with Crippen LogP contribution in [0.15, 0.2) is 24.3 Å². The molecule has 21 heavy (non-hydrogen) atoms. The number of carboxylic acid groups (broad SMARTS) is 1. The SMILES string of the molecule is CC(CC(=O)O)C1CCCN(c2ccc(C(N)=O)cc2)C1. The lowest BCUT2D eigenvalue weighted by atomic mass is 9.84. The van der Waals surface area contributed by atoms with Gasteiger partial charge in [0.1, 0.15) is 0 Å². The molecule has 3 N–H and O–H groups in total. The number of nitrogens with two attached hydrogens (primary N) is 1. The quantitative estimate of drug-likeness (QED) is 0.870. The van der Waals surface area contributed by atoms with Crippen LogP contribution in [0.2, 0.25) is 0 Å². The summed E-state index contributed by atoms with van der Waals surface area (Å²) in [5.41, 5.74) is 6.81. The minimum Gasteiger partial charge on any atom is -0.481 e. The monoisotopic (exact) mass is 290 g/mol. The maximum atomic E-state index is 11.1. The predicted octanol–water partition coefficient (Wildman–Crippen LogP) is 2.11. The Bertz CT molecular complexity index is 513. The molecular formula is C16H22N2O3. The third kappa shape index (κ3) is 3.97. The van der Waals surface area contributed by atoms with Crippen LogP contribution in [-0.2, 0) is 4.79 Å². The Morgan fingerprint density at radius 2 is 2.05 bits per heavy atom. The van der Waals surface area contributed by atoms with Gasteiger partial charge in [0, 0.05) is 30.8 Å². The molecule has 1 saturated heterocycles. The van der Waals surface area contributed by atoms with E-state index in [1.807, 2.05) is 19.1 Å². The second kappa shape index (κ2) is 6.61. The van der Waals surface area contributed by atoms with Crippen LogP contribution in [0.3, 0.4) is 0 Å². The fourth-order valence-corrected chi connectivity index (χ4v) is 2.99. The van der Waals surface area contributed by atoms with Gasteiger partial charge in [-0.2, -0.15) is 0 Å². The second-order valence-electron chi connectivity index (χ2n) is 5.83. The van der Waals surface area contributed by atoms with Crippen LogP contribution in [0.1, 0.15) is 36.5 Å². The Morgan fingerprint density at radius 1 is 1.38 bits per heavy atom. The van der Waals surface area contributed by atoms with Crippen LogP contribution in [0.25, 0.3) is 0 Å². The summed E-state index contributed by atoms with van der Waals surface area (Å²) in [6.07, 6.45) is 2.36. The number of amides is 1. The molecule has 1 aromatic rings. The van der Waals surface area contributed by atoms with E-state index in [2.05, 4.69) is 4.90 Å². The third-order valence-electron chi connectivity index (χ3n) is 4.28. The number of anilines is 1. The van der Waals surface area contributed by atoms with Crippen molar-refractivity contribution in [2.24, 2.45) is 17.6 Å². The Hall–Kier alpha value is -2.04. The predicted molar refractivity (Wildman–Crippen MR) is 81.3 cm³/mol. The van der Waals surface area contributed by atoms with Gasteiger partial charge in [0.25, 0.3) is 0 Å². The van der Waals surface area contributed by atoms with E-state index in [1.165, 1.54) is 0 Å². The van der Waals surface area contributed by atoms with Crippen LogP contribution in [0.4, 0.5) is 5.69 Å². The molecule has 1 amide bonds. The summed E-state index contributed by atoms with van der Waals surface area (Å²) in [7, 11) is 0. The summed E-state index contributed by atoms with van der Waals surface area (Å²) in [5, 5.41) is 8.92. The highest BCUT2D eigenvalue weighted by Gasteiger charge is 2.26. The second-order valence-corrected chi connectivity index (χ2v) is 5.83. The molecule has 0 aliphatic carbocycles. The molecule has 0 saturated carbocycles. The fraction of sp³-hybridized carbons (Fsp3) is 0.500. The lowest BCUT2D eigenvalue weighted by molar-refractivity contribution is -0.138. The van der Waals surface area contributed by atoms with E-state index in [0.29, 0.717) is 11.5 Å². The minimum atomic E-state index is -0.731. The number of piperidine rings is 1. The fourth-order valence-electron chi connectivity index (χ4n) is 2.99. The Kier molecular flexibility index (Phi) is 4.83. The number of carboxylic acids is 1. The molecule has 2 unspecified atom stereocenters. The normalized spacial score (nSPS) is 20.0. The highest BCUT2D eigenvalue weighted by Crippen LogP contribution is 2.29. The number of benzene rings is 1. The third-order valence-corrected chi connectivity index (χ3v) is 4.28. The van der Waals surface area contributed by atoms with E-state index >= 15 is 0 Å². The number of carbonyl (C=O) groups excluding carboxylic acids is 1. The van der Waals surface area contributed by atoms with Gasteiger partial charge in [-0.05, 0) is 48.9 Å². The minimum absolute atomic E-state index is 0.176. The van der Waals surface area contributed by atoms with E-state index in [4.69, 9.17) is 10.8 Å². The van der Waals surface area contributed by atoms with Crippen molar-refractivity contribution in [3.63, 3.8) is 0 Å². The van der Waals surface area contributed by atoms with Gasteiger partial charge < -0.3 is 15.7 Å². The highest BCUT2D eigenvalue weighted by molar-refractivity contribution is 5.93. The Balaban J connectivity index is 2.03. The van der Waals surface area contributed by atoms with E-state index in [1.54, 1.807) is 12.1 Å². The first-order valence-electron chi connectivity index (χ1n) is 7.34. The van der Waals surface area contributed by atoms with Gasteiger partial charge >= 0.3 is 5.97 Å². The molecule has 1 aliphatic heterocycles. The Morgan fingerprint density at radius 3 is 2.62 bits per heavy atom. The van der Waals surface area contributed by atoms with E-state index < -0.39 is 11.9 Å². The molecule has 0 spiro atoms. The number of hydrogen-bond acceptors (Lipinski definition) is 3. The molecule has 2 atom stereocenters. The molecule has 0 radical (unpaired) electrons. The van der Waals surface area contributed by atoms with Crippen LogP contribution in [-0.4, -0.2) is 30.1 Å². The van der Waals surface area contributed by atoms with Gasteiger partial charge in [-0.15, -0.1) is 0 Å². The molecule has 5 nitrogen and oxygen atoms in total. The van der Waals surface area contributed by atoms with Crippen molar-refractivity contribution in [1.82, 2.24) is 0 Å². The zero-order valence-electron chi connectivity index (χ0n) is 12.3. The average Bonchev–Trinajstić information content (AvgIpc) is 2.47. The molecule has 1 aromatic carbocycles. The average molecular weight is 290 g/mol. The molecule has 2 rings (SSSR count). The van der Waals surface area contributed by atoms with E-state index in [-0.39, 0.29) is 12.3 Å². The van der Waals surface area contributed by atoms with Crippen molar-refractivity contribution in [3.8, 4) is 0 Å². The lowest BCUT2D eigenvalue weighted by Gasteiger charge is -2.37. The van der Waals surface area contributed by atoms with Crippen LogP contribution in [0.5, 0.6) is 0 Å². The first-order chi connectivity index (χ1) is 9.97. The molecule has 1 aliphatic rings. The Labute approximate surface area is 124 Å². The van der Waals surface area contributed by atoms with Gasteiger partial charge in [-0.25, -0.2) is 0 Å².